The summed E-state index contributed by atoms with van der Waals surface area (Å²) in [5, 5.41) is 0. The first-order chi connectivity index (χ1) is 9.44. The lowest BCUT2D eigenvalue weighted by atomic mass is 9.70. The maximum Gasteiger partial charge on any atom is 0.0212 e. The smallest absolute Gasteiger partial charge is 0.0212 e. The van der Waals surface area contributed by atoms with Crippen molar-refractivity contribution < 1.29 is 0 Å². The minimum Gasteiger partial charge on any atom is -0.300 e. The van der Waals surface area contributed by atoms with Crippen molar-refractivity contribution in [3.8, 4) is 0 Å². The van der Waals surface area contributed by atoms with E-state index in [1.165, 1.54) is 45.6 Å². The van der Waals surface area contributed by atoms with Gasteiger partial charge in [0.05, 0.1) is 0 Å². The maximum absolute atomic E-state index is 2.79. The topological polar surface area (TPSA) is 9.72 Å². The Morgan fingerprint density at radius 2 is 1.55 bits per heavy atom. The van der Waals surface area contributed by atoms with Crippen LogP contribution in [0.1, 0.15) is 47.5 Å². The second kappa shape index (κ2) is 5.26. The van der Waals surface area contributed by atoms with Crippen molar-refractivity contribution in [2.45, 2.75) is 71.6 Å². The molecule has 3 heteroatoms. The summed E-state index contributed by atoms with van der Waals surface area (Å²) < 4.78 is 0. The molecule has 0 saturated carbocycles. The maximum atomic E-state index is 2.79. The quantitative estimate of drug-likeness (QED) is 0.785. The average molecular weight is 279 g/mol. The van der Waals surface area contributed by atoms with E-state index in [0.717, 1.165) is 24.2 Å². The summed E-state index contributed by atoms with van der Waals surface area (Å²) in [6.45, 7) is 18.4. The van der Waals surface area contributed by atoms with Gasteiger partial charge in [-0.3, -0.25) is 14.7 Å². The van der Waals surface area contributed by atoms with Crippen LogP contribution in [-0.4, -0.2) is 71.6 Å². The number of nitrogens with zero attached hydrogens (tertiary/aromatic N) is 3. The molecule has 3 fully saturated rings. The molecule has 20 heavy (non-hydrogen) atoms. The number of hydrogen-bond donors (Lipinski definition) is 0. The molecule has 0 unspecified atom stereocenters. The molecule has 1 spiro atoms. The minimum absolute atomic E-state index is 0.679. The summed E-state index contributed by atoms with van der Waals surface area (Å²) in [7, 11) is 0. The second-order valence-electron chi connectivity index (χ2n) is 8.06. The van der Waals surface area contributed by atoms with Gasteiger partial charge in [-0.25, -0.2) is 0 Å². The summed E-state index contributed by atoms with van der Waals surface area (Å²) in [5.74, 6) is 0. The molecule has 0 aliphatic carbocycles. The zero-order chi connectivity index (χ0) is 14.5. The molecule has 0 bridgehead atoms. The van der Waals surface area contributed by atoms with Gasteiger partial charge in [0.2, 0.25) is 0 Å². The van der Waals surface area contributed by atoms with Crippen LogP contribution in [0.5, 0.6) is 0 Å². The Bertz CT molecular complexity index is 328. The molecule has 2 atom stereocenters. The van der Waals surface area contributed by atoms with Gasteiger partial charge in [0.1, 0.15) is 0 Å². The number of hydrogen-bond acceptors (Lipinski definition) is 3. The monoisotopic (exact) mass is 279 g/mol. The van der Waals surface area contributed by atoms with Crippen LogP contribution < -0.4 is 0 Å². The van der Waals surface area contributed by atoms with Gasteiger partial charge in [-0.05, 0) is 47.1 Å². The lowest BCUT2D eigenvalue weighted by molar-refractivity contribution is -0.149. The third-order valence-electron chi connectivity index (χ3n) is 6.12. The molecule has 3 nitrogen and oxygen atoms in total. The lowest BCUT2D eigenvalue weighted by Crippen LogP contribution is -2.75. The molecular formula is C17H33N3. The second-order valence-corrected chi connectivity index (χ2v) is 8.06. The van der Waals surface area contributed by atoms with Gasteiger partial charge in [0, 0.05) is 55.8 Å². The normalized spacial score (nSPS) is 39.0. The fourth-order valence-electron chi connectivity index (χ4n) is 4.96. The van der Waals surface area contributed by atoms with E-state index in [1.807, 2.05) is 0 Å². The van der Waals surface area contributed by atoms with Gasteiger partial charge in [0.25, 0.3) is 0 Å². The predicted octanol–water partition coefficient (Wildman–Crippen LogP) is 2.27. The van der Waals surface area contributed by atoms with Crippen molar-refractivity contribution in [1.82, 2.24) is 14.7 Å². The van der Waals surface area contributed by atoms with E-state index in [9.17, 15) is 0 Å². The van der Waals surface area contributed by atoms with Crippen molar-refractivity contribution in [3.05, 3.63) is 0 Å². The van der Waals surface area contributed by atoms with Gasteiger partial charge in [0.15, 0.2) is 0 Å². The average Bonchev–Trinajstić information content (AvgIpc) is 2.24. The van der Waals surface area contributed by atoms with E-state index < -0.39 is 0 Å². The Morgan fingerprint density at radius 1 is 1.00 bits per heavy atom. The summed E-state index contributed by atoms with van der Waals surface area (Å²) >= 11 is 0. The molecule has 3 aliphatic heterocycles. The largest absolute Gasteiger partial charge is 0.300 e. The van der Waals surface area contributed by atoms with Gasteiger partial charge in [-0.15, -0.1) is 0 Å². The van der Waals surface area contributed by atoms with Gasteiger partial charge in [-0.2, -0.15) is 0 Å². The summed E-state index contributed by atoms with van der Waals surface area (Å²) in [4.78, 5) is 8.09. The fraction of sp³-hybridized carbons (Fsp3) is 1.00. The van der Waals surface area contributed by atoms with Crippen molar-refractivity contribution in [2.75, 3.05) is 32.7 Å². The van der Waals surface area contributed by atoms with E-state index in [4.69, 9.17) is 0 Å². The molecule has 0 amide bonds. The van der Waals surface area contributed by atoms with E-state index in [-0.39, 0.29) is 0 Å². The van der Waals surface area contributed by atoms with Crippen molar-refractivity contribution in [1.29, 1.82) is 0 Å². The van der Waals surface area contributed by atoms with Crippen LogP contribution in [-0.2, 0) is 0 Å². The molecule has 116 valence electrons. The molecule has 0 aromatic carbocycles. The SMILES string of the molecule is CCN1[C@H](C)CC(N2CC3(CN(C(C)C)C3)C2)C[C@H]1C. The van der Waals surface area contributed by atoms with Crippen LogP contribution >= 0.6 is 0 Å². The molecule has 0 N–H and O–H groups in total. The summed E-state index contributed by atoms with van der Waals surface area (Å²) in [5.41, 5.74) is 0.679. The van der Waals surface area contributed by atoms with E-state index in [1.54, 1.807) is 0 Å². The highest BCUT2D eigenvalue weighted by molar-refractivity contribution is 5.08. The molecule has 3 heterocycles. The summed E-state index contributed by atoms with van der Waals surface area (Å²) in [6.07, 6.45) is 2.75. The molecule has 3 rings (SSSR count). The molecular weight excluding hydrogens is 246 g/mol. The predicted molar refractivity (Wildman–Crippen MR) is 85.0 cm³/mol. The highest BCUT2D eigenvalue weighted by Crippen LogP contribution is 2.43. The zero-order valence-electron chi connectivity index (χ0n) is 14.1. The van der Waals surface area contributed by atoms with Crippen LogP contribution in [0.15, 0.2) is 0 Å². The van der Waals surface area contributed by atoms with Crippen molar-refractivity contribution >= 4 is 0 Å². The van der Waals surface area contributed by atoms with Crippen molar-refractivity contribution in [3.63, 3.8) is 0 Å². The Balaban J connectivity index is 1.49. The Labute approximate surface area is 125 Å². The number of likely N-dealkylation sites (tertiary alicyclic amines) is 3. The van der Waals surface area contributed by atoms with Gasteiger partial charge in [-0.1, -0.05) is 6.92 Å². The fourth-order valence-corrected chi connectivity index (χ4v) is 4.96. The third-order valence-corrected chi connectivity index (χ3v) is 6.12. The third kappa shape index (κ3) is 2.42. The molecule has 0 radical (unpaired) electrons. The molecule has 3 saturated heterocycles. The van der Waals surface area contributed by atoms with Gasteiger partial charge >= 0.3 is 0 Å². The highest BCUT2D eigenvalue weighted by atomic mass is 15.3. The Hall–Kier alpha value is -0.120. The van der Waals surface area contributed by atoms with E-state index in [2.05, 4.69) is 49.3 Å². The first-order valence-corrected chi connectivity index (χ1v) is 8.68. The first-order valence-electron chi connectivity index (χ1n) is 8.68. The van der Waals surface area contributed by atoms with Gasteiger partial charge < -0.3 is 0 Å². The molecule has 0 aromatic rings. The molecule has 3 aliphatic rings. The zero-order valence-corrected chi connectivity index (χ0v) is 14.1. The van der Waals surface area contributed by atoms with E-state index >= 15 is 0 Å². The van der Waals surface area contributed by atoms with Crippen LogP contribution in [0, 0.1) is 5.41 Å². The molecule has 0 aromatic heterocycles. The first kappa shape index (κ1) is 14.8. The highest BCUT2D eigenvalue weighted by Gasteiger charge is 2.54. The number of piperidine rings is 1. The number of rotatable bonds is 3. The van der Waals surface area contributed by atoms with E-state index in [0.29, 0.717) is 5.41 Å². The minimum atomic E-state index is 0.679. The van der Waals surface area contributed by atoms with Crippen LogP contribution in [0.4, 0.5) is 0 Å². The van der Waals surface area contributed by atoms with Crippen LogP contribution in [0.2, 0.25) is 0 Å². The Kier molecular flexibility index (Phi) is 3.89. The summed E-state index contributed by atoms with van der Waals surface area (Å²) in [6, 6.07) is 3.11. The van der Waals surface area contributed by atoms with Crippen molar-refractivity contribution in [2.24, 2.45) is 5.41 Å². The lowest BCUT2D eigenvalue weighted by Gasteiger charge is -2.64. The van der Waals surface area contributed by atoms with Crippen LogP contribution in [0.3, 0.4) is 0 Å². The standard InChI is InChI=1S/C17H33N3/c1-6-20-14(4)7-16(8-15(20)5)19-11-17(12-19)9-18(10-17)13(2)3/h13-16H,6-12H2,1-5H3/t14-,15-/m1/s1. The van der Waals surface area contributed by atoms with Crippen LogP contribution in [0.25, 0.3) is 0 Å². The Morgan fingerprint density at radius 3 is 2.00 bits per heavy atom.